The maximum atomic E-state index is 12.9. The number of hydrogen-bond acceptors (Lipinski definition) is 5. The van der Waals surface area contributed by atoms with E-state index in [-0.39, 0.29) is 11.2 Å². The molecule has 0 atom stereocenters. The number of fused-ring (bicyclic) bond motifs is 3. The lowest BCUT2D eigenvalue weighted by molar-refractivity contribution is -0.384. The summed E-state index contributed by atoms with van der Waals surface area (Å²) in [4.78, 5) is 28.5. The third kappa shape index (κ3) is 2.50. The number of benzene rings is 2. The van der Waals surface area contributed by atoms with Gasteiger partial charge < -0.3 is 4.57 Å². The number of aromatic nitrogens is 3. The molecular weight excluding hydrogens is 376 g/mol. The Kier molecular flexibility index (Phi) is 3.59. The molecule has 3 heterocycles. The van der Waals surface area contributed by atoms with Gasteiger partial charge in [0.25, 0.3) is 11.2 Å². The van der Waals surface area contributed by atoms with Gasteiger partial charge in [0.1, 0.15) is 0 Å². The molecule has 28 heavy (non-hydrogen) atoms. The third-order valence-corrected chi connectivity index (χ3v) is 5.51. The smallest absolute Gasteiger partial charge is 0.275 e. The fraction of sp³-hybridized carbons (Fsp3) is 0. The first kappa shape index (κ1) is 16.4. The molecule has 0 saturated heterocycles. The molecule has 0 fully saturated rings. The van der Waals surface area contributed by atoms with Crippen LogP contribution in [0.15, 0.2) is 71.7 Å². The zero-order valence-corrected chi connectivity index (χ0v) is 15.2. The Labute approximate surface area is 161 Å². The van der Waals surface area contributed by atoms with E-state index in [2.05, 4.69) is 4.98 Å². The van der Waals surface area contributed by atoms with E-state index in [9.17, 15) is 14.9 Å². The summed E-state index contributed by atoms with van der Waals surface area (Å²) >= 11 is 1.34. The van der Waals surface area contributed by atoms with Crippen LogP contribution in [0.3, 0.4) is 0 Å². The number of para-hydroxylation sites is 2. The first-order valence-corrected chi connectivity index (χ1v) is 9.27. The van der Waals surface area contributed by atoms with Crippen LogP contribution < -0.4 is 10.1 Å². The molecule has 0 N–H and O–H groups in total. The average molecular weight is 388 g/mol. The number of thiazole rings is 1. The summed E-state index contributed by atoms with van der Waals surface area (Å²) in [5.41, 5.74) is 3.11. The molecule has 2 aromatic carbocycles. The number of nitro groups is 1. The number of nitrogens with zero attached hydrogens (tertiary/aromatic N) is 4. The molecule has 8 heteroatoms. The summed E-state index contributed by atoms with van der Waals surface area (Å²) in [7, 11) is 0. The number of non-ortho nitro benzene ring substituents is 1. The van der Waals surface area contributed by atoms with E-state index in [4.69, 9.17) is 0 Å². The normalized spacial score (nSPS) is 12.2. The lowest BCUT2D eigenvalue weighted by atomic mass is 10.2. The first-order chi connectivity index (χ1) is 13.6. The second-order valence-corrected chi connectivity index (χ2v) is 7.22. The van der Waals surface area contributed by atoms with Crippen molar-refractivity contribution in [1.82, 2.24) is 14.0 Å². The predicted octanol–water partition coefficient (Wildman–Crippen LogP) is 3.16. The van der Waals surface area contributed by atoms with Crippen molar-refractivity contribution < 1.29 is 4.92 Å². The first-order valence-electron chi connectivity index (χ1n) is 8.46. The largest absolute Gasteiger partial charge is 0.317 e. The summed E-state index contributed by atoms with van der Waals surface area (Å²) in [5, 5.41) is 10.8. The Bertz CT molecular complexity index is 1460. The lowest BCUT2D eigenvalue weighted by Crippen LogP contribution is -2.23. The number of nitro benzene ring substituents is 1. The van der Waals surface area contributed by atoms with E-state index in [1.807, 2.05) is 53.2 Å². The zero-order valence-electron chi connectivity index (χ0n) is 14.4. The monoisotopic (exact) mass is 388 g/mol. The van der Waals surface area contributed by atoms with Gasteiger partial charge in [0.15, 0.2) is 4.96 Å². The highest BCUT2D eigenvalue weighted by atomic mass is 32.1. The molecule has 5 rings (SSSR count). The molecule has 7 nitrogen and oxygen atoms in total. The summed E-state index contributed by atoms with van der Waals surface area (Å²) in [5.74, 6) is 0. The third-order valence-electron chi connectivity index (χ3n) is 4.54. The van der Waals surface area contributed by atoms with Gasteiger partial charge in [0, 0.05) is 29.7 Å². The minimum Gasteiger partial charge on any atom is -0.317 e. The van der Waals surface area contributed by atoms with E-state index >= 15 is 0 Å². The molecule has 5 aromatic rings. The number of rotatable bonds is 3. The van der Waals surface area contributed by atoms with Crippen LogP contribution in [-0.4, -0.2) is 18.9 Å². The van der Waals surface area contributed by atoms with Gasteiger partial charge in [-0.2, -0.15) is 0 Å². The van der Waals surface area contributed by atoms with Crippen molar-refractivity contribution in [3.8, 4) is 5.69 Å². The molecule has 0 unspecified atom stereocenters. The second kappa shape index (κ2) is 6.14. The van der Waals surface area contributed by atoms with Crippen LogP contribution in [0.2, 0.25) is 0 Å². The molecular formula is C20H12N4O3S. The Balaban J connectivity index is 1.65. The zero-order chi connectivity index (χ0) is 19.3. The molecule has 0 saturated carbocycles. The molecule has 0 aliphatic carbocycles. The van der Waals surface area contributed by atoms with E-state index in [0.717, 1.165) is 22.4 Å². The highest BCUT2D eigenvalue weighted by Gasteiger charge is 2.11. The van der Waals surface area contributed by atoms with Gasteiger partial charge in [0.2, 0.25) is 0 Å². The van der Waals surface area contributed by atoms with Gasteiger partial charge >= 0.3 is 0 Å². The van der Waals surface area contributed by atoms with Crippen molar-refractivity contribution in [3.05, 3.63) is 97.6 Å². The second-order valence-electron chi connectivity index (χ2n) is 6.21. The quantitative estimate of drug-likeness (QED) is 0.351. The highest BCUT2D eigenvalue weighted by molar-refractivity contribution is 7.15. The van der Waals surface area contributed by atoms with Crippen LogP contribution in [0.4, 0.5) is 5.69 Å². The van der Waals surface area contributed by atoms with Crippen LogP contribution >= 0.6 is 11.3 Å². The molecule has 0 radical (unpaired) electrons. The number of hydrogen-bond donors (Lipinski definition) is 0. The van der Waals surface area contributed by atoms with Crippen LogP contribution in [-0.2, 0) is 0 Å². The van der Waals surface area contributed by atoms with Crippen LogP contribution in [0, 0.1) is 10.1 Å². The van der Waals surface area contributed by atoms with Gasteiger partial charge in [-0.05, 0) is 42.5 Å². The molecule has 3 aromatic heterocycles. The van der Waals surface area contributed by atoms with Crippen LogP contribution in [0.1, 0.15) is 5.69 Å². The van der Waals surface area contributed by atoms with Crippen molar-refractivity contribution in [3.63, 3.8) is 0 Å². The van der Waals surface area contributed by atoms with Crippen molar-refractivity contribution in [2.45, 2.75) is 0 Å². The van der Waals surface area contributed by atoms with Gasteiger partial charge in [-0.1, -0.05) is 23.5 Å². The Morgan fingerprint density at radius 3 is 2.61 bits per heavy atom. The summed E-state index contributed by atoms with van der Waals surface area (Å²) in [6.45, 7) is 0. The molecule has 0 bridgehead atoms. The lowest BCUT2D eigenvalue weighted by Gasteiger charge is -2.05. The molecule has 136 valence electrons. The molecule has 0 amide bonds. The van der Waals surface area contributed by atoms with E-state index in [1.54, 1.807) is 16.5 Å². The van der Waals surface area contributed by atoms with Crippen LogP contribution in [0.25, 0.3) is 27.8 Å². The molecule has 0 aliphatic heterocycles. The SMILES string of the molecule is O=c1c(=Cc2cccn2-c2ccc([N+](=O)[O-])cc2)sc2nc3ccccc3n12. The van der Waals surface area contributed by atoms with Crippen LogP contribution in [0.5, 0.6) is 0 Å². The van der Waals surface area contributed by atoms with Gasteiger partial charge in [-0.3, -0.25) is 14.9 Å². The van der Waals surface area contributed by atoms with E-state index in [1.165, 1.54) is 23.5 Å². The highest BCUT2D eigenvalue weighted by Crippen LogP contribution is 2.19. The van der Waals surface area contributed by atoms with Crippen molar-refractivity contribution in [2.75, 3.05) is 0 Å². The minimum absolute atomic E-state index is 0.0367. The van der Waals surface area contributed by atoms with Crippen molar-refractivity contribution in [2.24, 2.45) is 0 Å². The maximum Gasteiger partial charge on any atom is 0.275 e. The summed E-state index contributed by atoms with van der Waals surface area (Å²) in [6, 6.07) is 17.6. The Morgan fingerprint density at radius 2 is 1.82 bits per heavy atom. The minimum atomic E-state index is -0.429. The Morgan fingerprint density at radius 1 is 1.04 bits per heavy atom. The number of imidazole rings is 1. The Hall–Kier alpha value is -3.78. The van der Waals surface area contributed by atoms with E-state index < -0.39 is 4.92 Å². The van der Waals surface area contributed by atoms with Gasteiger partial charge in [-0.15, -0.1) is 0 Å². The molecule has 0 spiro atoms. The maximum absolute atomic E-state index is 12.9. The average Bonchev–Trinajstić information content (AvgIpc) is 3.38. The summed E-state index contributed by atoms with van der Waals surface area (Å²) < 4.78 is 4.09. The topological polar surface area (TPSA) is 82.4 Å². The van der Waals surface area contributed by atoms with Crippen molar-refractivity contribution >= 4 is 39.1 Å². The van der Waals surface area contributed by atoms with Gasteiger partial charge in [0.05, 0.1) is 20.5 Å². The fourth-order valence-corrected chi connectivity index (χ4v) is 4.20. The summed E-state index contributed by atoms with van der Waals surface area (Å²) in [6.07, 6.45) is 3.67. The standard InChI is InChI=1S/C20H12N4O3S/c25-19-18(28-20-21-16-5-1-2-6-17(16)23(19)20)12-15-4-3-11-22(15)13-7-9-14(10-8-13)24(26)27/h1-12H. The van der Waals surface area contributed by atoms with Gasteiger partial charge in [-0.25, -0.2) is 9.38 Å². The van der Waals surface area contributed by atoms with Crippen molar-refractivity contribution in [1.29, 1.82) is 0 Å². The molecule has 0 aliphatic rings. The van der Waals surface area contributed by atoms with E-state index in [0.29, 0.717) is 9.49 Å². The fourth-order valence-electron chi connectivity index (χ4n) is 3.23. The predicted molar refractivity (Wildman–Crippen MR) is 108 cm³/mol.